The fourth-order valence-corrected chi connectivity index (χ4v) is 1.81. The number of anilines is 1. The summed E-state index contributed by atoms with van der Waals surface area (Å²) in [4.78, 5) is 21.9. The first-order chi connectivity index (χ1) is 11.3. The molecular formula is C15H11F3N2O4. The molecule has 6 nitrogen and oxygen atoms in total. The summed E-state index contributed by atoms with van der Waals surface area (Å²) < 4.78 is 42.4. The number of benzene rings is 2. The summed E-state index contributed by atoms with van der Waals surface area (Å²) in [5, 5.41) is 13.1. The highest BCUT2D eigenvalue weighted by Gasteiger charge is 2.30. The maximum absolute atomic E-state index is 12.4. The Balaban J connectivity index is 1.96. The molecule has 0 fully saturated rings. The number of nitrogens with zero attached hydrogens (tertiary/aromatic N) is 1. The highest BCUT2D eigenvalue weighted by molar-refractivity contribution is 5.91. The van der Waals surface area contributed by atoms with Crippen LogP contribution in [0.1, 0.15) is 5.56 Å². The molecule has 0 saturated carbocycles. The number of alkyl halides is 3. The van der Waals surface area contributed by atoms with Gasteiger partial charge in [0.05, 0.1) is 10.5 Å². The van der Waals surface area contributed by atoms with E-state index in [-0.39, 0.29) is 17.1 Å². The third-order valence-electron chi connectivity index (χ3n) is 2.92. The van der Waals surface area contributed by atoms with Crippen molar-refractivity contribution in [2.45, 2.75) is 6.18 Å². The zero-order valence-corrected chi connectivity index (χ0v) is 12.0. The van der Waals surface area contributed by atoms with Crippen molar-refractivity contribution < 1.29 is 27.6 Å². The fourth-order valence-electron chi connectivity index (χ4n) is 1.81. The monoisotopic (exact) mass is 340 g/mol. The number of hydrogen-bond donors (Lipinski definition) is 1. The number of ether oxygens (including phenoxy) is 1. The predicted molar refractivity (Wildman–Crippen MR) is 78.7 cm³/mol. The molecule has 1 N–H and O–H groups in total. The van der Waals surface area contributed by atoms with Crippen molar-refractivity contribution in [1.82, 2.24) is 0 Å². The van der Waals surface area contributed by atoms with Gasteiger partial charge in [0.2, 0.25) is 0 Å². The van der Waals surface area contributed by atoms with Crippen LogP contribution < -0.4 is 10.1 Å². The molecule has 2 aromatic rings. The molecule has 0 atom stereocenters. The zero-order valence-electron chi connectivity index (χ0n) is 12.0. The standard InChI is InChI=1S/C15H11F3N2O4/c16-15(17,18)10-5-7-11(8-6-10)19-14(21)9-24-13-4-2-1-3-12(13)20(22)23/h1-8H,9H2,(H,19,21). The quantitative estimate of drug-likeness (QED) is 0.666. The average Bonchev–Trinajstić information content (AvgIpc) is 2.53. The van der Waals surface area contributed by atoms with Crippen molar-refractivity contribution >= 4 is 17.3 Å². The van der Waals surface area contributed by atoms with Crippen LogP contribution in [0.3, 0.4) is 0 Å². The van der Waals surface area contributed by atoms with Crippen LogP contribution in [0.25, 0.3) is 0 Å². The topological polar surface area (TPSA) is 81.5 Å². The van der Waals surface area contributed by atoms with Gasteiger partial charge in [0.25, 0.3) is 5.91 Å². The average molecular weight is 340 g/mol. The number of hydrogen-bond acceptors (Lipinski definition) is 4. The lowest BCUT2D eigenvalue weighted by Crippen LogP contribution is -2.20. The lowest BCUT2D eigenvalue weighted by molar-refractivity contribution is -0.385. The van der Waals surface area contributed by atoms with Crippen LogP contribution in [0, 0.1) is 10.1 Å². The summed E-state index contributed by atoms with van der Waals surface area (Å²) in [5.74, 6) is -0.738. The molecule has 0 radical (unpaired) electrons. The van der Waals surface area contributed by atoms with E-state index in [2.05, 4.69) is 5.32 Å². The van der Waals surface area contributed by atoms with Gasteiger partial charge in [-0.1, -0.05) is 12.1 Å². The number of carbonyl (C=O) groups excluding carboxylic acids is 1. The van der Waals surface area contributed by atoms with Crippen LogP contribution in [-0.4, -0.2) is 17.4 Å². The summed E-state index contributed by atoms with van der Waals surface area (Å²) in [5.41, 5.74) is -0.976. The first-order valence-electron chi connectivity index (χ1n) is 6.60. The largest absolute Gasteiger partial charge is 0.477 e. The number of rotatable bonds is 5. The van der Waals surface area contributed by atoms with Crippen LogP contribution in [0.15, 0.2) is 48.5 Å². The second-order valence-electron chi connectivity index (χ2n) is 4.64. The highest BCUT2D eigenvalue weighted by Crippen LogP contribution is 2.30. The van der Waals surface area contributed by atoms with Crippen molar-refractivity contribution in [3.63, 3.8) is 0 Å². The van der Waals surface area contributed by atoms with Gasteiger partial charge in [0.1, 0.15) is 0 Å². The lowest BCUT2D eigenvalue weighted by atomic mass is 10.2. The molecule has 9 heteroatoms. The molecule has 0 aromatic heterocycles. The SMILES string of the molecule is O=C(COc1ccccc1[N+](=O)[O-])Nc1ccc(C(F)(F)F)cc1. The molecule has 0 bridgehead atoms. The number of nitro groups is 1. The van der Waals surface area contributed by atoms with Crippen molar-refractivity contribution in [1.29, 1.82) is 0 Å². The molecule has 0 heterocycles. The van der Waals surface area contributed by atoms with Gasteiger partial charge in [0, 0.05) is 11.8 Å². The summed E-state index contributed by atoms with van der Waals surface area (Å²) in [6, 6.07) is 9.39. The van der Waals surface area contributed by atoms with Crippen molar-refractivity contribution in [2.24, 2.45) is 0 Å². The Morgan fingerprint density at radius 1 is 1.12 bits per heavy atom. The molecule has 0 aliphatic heterocycles. The van der Waals surface area contributed by atoms with Crippen LogP contribution in [0.5, 0.6) is 5.75 Å². The molecule has 1 amide bonds. The minimum Gasteiger partial charge on any atom is -0.477 e. The number of carbonyl (C=O) groups is 1. The summed E-state index contributed by atoms with van der Waals surface area (Å²) >= 11 is 0. The van der Waals surface area contributed by atoms with E-state index in [1.165, 1.54) is 24.3 Å². The van der Waals surface area contributed by atoms with E-state index in [4.69, 9.17) is 4.74 Å². The van der Waals surface area contributed by atoms with Crippen LogP contribution in [-0.2, 0) is 11.0 Å². The van der Waals surface area contributed by atoms with Crippen molar-refractivity contribution in [2.75, 3.05) is 11.9 Å². The third-order valence-corrected chi connectivity index (χ3v) is 2.92. The molecule has 2 rings (SSSR count). The molecule has 0 spiro atoms. The summed E-state index contributed by atoms with van der Waals surface area (Å²) in [6.07, 6.45) is -4.46. The van der Waals surface area contributed by atoms with Gasteiger partial charge >= 0.3 is 11.9 Å². The molecular weight excluding hydrogens is 329 g/mol. The number of amides is 1. The zero-order chi connectivity index (χ0) is 17.7. The van der Waals surface area contributed by atoms with E-state index in [1.807, 2.05) is 0 Å². The summed E-state index contributed by atoms with van der Waals surface area (Å²) in [6.45, 7) is -0.522. The Morgan fingerprint density at radius 3 is 2.33 bits per heavy atom. The molecule has 126 valence electrons. The normalized spacial score (nSPS) is 11.0. The first kappa shape index (κ1) is 17.3. The minimum atomic E-state index is -4.46. The van der Waals surface area contributed by atoms with Gasteiger partial charge < -0.3 is 10.1 Å². The van der Waals surface area contributed by atoms with Gasteiger partial charge in [-0.15, -0.1) is 0 Å². The van der Waals surface area contributed by atoms with Gasteiger partial charge in [-0.05, 0) is 30.3 Å². The third kappa shape index (κ3) is 4.45. The Morgan fingerprint density at radius 2 is 1.75 bits per heavy atom. The Kier molecular flexibility index (Phi) is 5.02. The van der Waals surface area contributed by atoms with E-state index in [9.17, 15) is 28.1 Å². The Bertz CT molecular complexity index is 745. The maximum atomic E-state index is 12.4. The van der Waals surface area contributed by atoms with E-state index < -0.39 is 29.2 Å². The Labute approximate surface area is 134 Å². The molecule has 0 aliphatic carbocycles. The van der Waals surface area contributed by atoms with E-state index >= 15 is 0 Å². The fraction of sp³-hybridized carbons (Fsp3) is 0.133. The Hall–Kier alpha value is -3.10. The van der Waals surface area contributed by atoms with Gasteiger partial charge in [-0.2, -0.15) is 13.2 Å². The number of nitro benzene ring substituents is 1. The second-order valence-corrected chi connectivity index (χ2v) is 4.64. The van der Waals surface area contributed by atoms with E-state index in [0.717, 1.165) is 24.3 Å². The molecule has 0 unspecified atom stereocenters. The minimum absolute atomic E-state index is 0.0786. The molecule has 24 heavy (non-hydrogen) atoms. The molecule has 0 aliphatic rings. The van der Waals surface area contributed by atoms with Crippen molar-refractivity contribution in [3.05, 3.63) is 64.2 Å². The highest BCUT2D eigenvalue weighted by atomic mass is 19.4. The smallest absolute Gasteiger partial charge is 0.416 e. The van der Waals surface area contributed by atoms with Crippen molar-refractivity contribution in [3.8, 4) is 5.75 Å². The van der Waals surface area contributed by atoms with E-state index in [0.29, 0.717) is 0 Å². The predicted octanol–water partition coefficient (Wildman–Crippen LogP) is 3.63. The second kappa shape index (κ2) is 6.99. The van der Waals surface area contributed by atoms with Gasteiger partial charge in [0.15, 0.2) is 12.4 Å². The van der Waals surface area contributed by atoms with Crippen LogP contribution in [0.2, 0.25) is 0 Å². The number of nitrogens with one attached hydrogen (secondary N) is 1. The maximum Gasteiger partial charge on any atom is 0.416 e. The molecule has 0 saturated heterocycles. The first-order valence-corrected chi connectivity index (χ1v) is 6.60. The summed E-state index contributed by atoms with van der Waals surface area (Å²) in [7, 11) is 0. The number of para-hydroxylation sites is 2. The van der Waals surface area contributed by atoms with Gasteiger partial charge in [-0.25, -0.2) is 0 Å². The van der Waals surface area contributed by atoms with Crippen LogP contribution in [0.4, 0.5) is 24.5 Å². The number of halogens is 3. The van der Waals surface area contributed by atoms with E-state index in [1.54, 1.807) is 0 Å². The van der Waals surface area contributed by atoms with Gasteiger partial charge in [-0.3, -0.25) is 14.9 Å². The molecule has 2 aromatic carbocycles. The van der Waals surface area contributed by atoms with Crippen LogP contribution >= 0.6 is 0 Å². The lowest BCUT2D eigenvalue weighted by Gasteiger charge is -2.09.